The molecule has 6 heteroatoms. The van der Waals surface area contributed by atoms with Crippen LogP contribution in [0, 0.1) is 11.8 Å². The Hall–Kier alpha value is -2.16. The first kappa shape index (κ1) is 14.9. The van der Waals surface area contributed by atoms with Gasteiger partial charge in [0.15, 0.2) is 11.5 Å². The van der Waals surface area contributed by atoms with Crippen molar-refractivity contribution in [2.45, 2.75) is 26.1 Å². The minimum atomic E-state index is -4.84. The van der Waals surface area contributed by atoms with Crippen molar-refractivity contribution in [2.75, 3.05) is 0 Å². The summed E-state index contributed by atoms with van der Waals surface area (Å²) in [6.45, 7) is 1.81. The van der Waals surface area contributed by atoms with Gasteiger partial charge in [-0.15, -0.1) is 19.1 Å². The zero-order valence-electron chi connectivity index (χ0n) is 10.1. The maximum absolute atomic E-state index is 12.1. The molecule has 0 aliphatic carbocycles. The van der Waals surface area contributed by atoms with Crippen molar-refractivity contribution >= 4 is 5.97 Å². The topological polar surface area (TPSA) is 35.5 Å². The van der Waals surface area contributed by atoms with Crippen molar-refractivity contribution in [3.05, 3.63) is 24.3 Å². The summed E-state index contributed by atoms with van der Waals surface area (Å²) in [4.78, 5) is 11.3. The van der Waals surface area contributed by atoms with E-state index in [1.807, 2.05) is 6.92 Å². The maximum atomic E-state index is 12.1. The Morgan fingerprint density at radius 3 is 2.42 bits per heavy atom. The summed E-state index contributed by atoms with van der Waals surface area (Å²) in [5.74, 6) is 3.60. The van der Waals surface area contributed by atoms with E-state index in [4.69, 9.17) is 4.74 Å². The molecule has 1 rings (SSSR count). The van der Waals surface area contributed by atoms with E-state index in [1.165, 1.54) is 18.2 Å². The summed E-state index contributed by atoms with van der Waals surface area (Å²) >= 11 is 0. The molecule has 0 saturated carbocycles. The van der Waals surface area contributed by atoms with Crippen LogP contribution in [0.4, 0.5) is 13.2 Å². The smallest absolute Gasteiger partial charge is 0.422 e. The molecular formula is C13H11F3O3. The molecule has 0 aliphatic rings. The number of para-hydroxylation sites is 2. The molecule has 1 aromatic carbocycles. The van der Waals surface area contributed by atoms with Crippen LogP contribution in [0.2, 0.25) is 0 Å². The molecule has 0 fully saturated rings. The van der Waals surface area contributed by atoms with Crippen molar-refractivity contribution in [3.63, 3.8) is 0 Å². The first-order chi connectivity index (χ1) is 8.92. The van der Waals surface area contributed by atoms with Gasteiger partial charge in [0.05, 0.1) is 0 Å². The van der Waals surface area contributed by atoms with Gasteiger partial charge in [-0.25, -0.2) is 0 Å². The van der Waals surface area contributed by atoms with E-state index in [0.717, 1.165) is 6.07 Å². The average Bonchev–Trinajstić information content (AvgIpc) is 2.30. The van der Waals surface area contributed by atoms with E-state index in [0.29, 0.717) is 6.42 Å². The van der Waals surface area contributed by atoms with Crippen LogP contribution >= 0.6 is 0 Å². The Morgan fingerprint density at radius 1 is 1.21 bits per heavy atom. The Kier molecular flexibility index (Phi) is 5.24. The van der Waals surface area contributed by atoms with Gasteiger partial charge in [0.1, 0.15) is 6.42 Å². The highest BCUT2D eigenvalue weighted by Gasteiger charge is 2.32. The first-order valence-electron chi connectivity index (χ1n) is 5.43. The van der Waals surface area contributed by atoms with Gasteiger partial charge in [0.25, 0.3) is 0 Å². The van der Waals surface area contributed by atoms with Gasteiger partial charge in [-0.1, -0.05) is 25.0 Å². The van der Waals surface area contributed by atoms with Crippen LogP contribution < -0.4 is 9.47 Å². The second kappa shape index (κ2) is 6.69. The predicted octanol–water partition coefficient (Wildman–Crippen LogP) is 3.29. The number of hydrogen-bond donors (Lipinski definition) is 0. The van der Waals surface area contributed by atoms with Gasteiger partial charge in [0.2, 0.25) is 0 Å². The minimum absolute atomic E-state index is 0.186. The number of hydrogen-bond acceptors (Lipinski definition) is 3. The van der Waals surface area contributed by atoms with E-state index in [-0.39, 0.29) is 12.2 Å². The van der Waals surface area contributed by atoms with Crippen molar-refractivity contribution < 1.29 is 27.4 Å². The zero-order chi connectivity index (χ0) is 14.3. The molecule has 0 amide bonds. The van der Waals surface area contributed by atoms with Crippen LogP contribution in [0.5, 0.6) is 11.5 Å². The summed E-state index contributed by atoms with van der Waals surface area (Å²) in [7, 11) is 0. The summed E-state index contributed by atoms with van der Waals surface area (Å²) in [6.07, 6.45) is -4.44. The summed E-state index contributed by atoms with van der Waals surface area (Å²) in [6, 6.07) is 5.05. The molecule has 0 N–H and O–H groups in total. The molecule has 0 spiro atoms. The molecule has 0 aliphatic heterocycles. The van der Waals surface area contributed by atoms with Crippen molar-refractivity contribution in [3.8, 4) is 23.3 Å². The van der Waals surface area contributed by atoms with E-state index >= 15 is 0 Å². The van der Waals surface area contributed by atoms with E-state index < -0.39 is 18.1 Å². The fourth-order valence-corrected chi connectivity index (χ4v) is 1.16. The van der Waals surface area contributed by atoms with E-state index in [2.05, 4.69) is 16.6 Å². The Bertz CT molecular complexity index is 498. The van der Waals surface area contributed by atoms with Crippen LogP contribution in [-0.2, 0) is 4.79 Å². The largest absolute Gasteiger partial charge is 0.573 e. The number of rotatable bonds is 3. The Balaban J connectivity index is 2.75. The monoisotopic (exact) mass is 272 g/mol. The number of carbonyl (C=O) groups excluding carboxylic acids is 1. The number of carbonyl (C=O) groups is 1. The molecule has 0 bridgehead atoms. The highest BCUT2D eigenvalue weighted by Crippen LogP contribution is 2.31. The lowest BCUT2D eigenvalue weighted by molar-refractivity contribution is -0.275. The lowest BCUT2D eigenvalue weighted by atomic mass is 10.3. The third kappa shape index (κ3) is 5.82. The van der Waals surface area contributed by atoms with Crippen LogP contribution in [0.1, 0.15) is 19.8 Å². The summed E-state index contributed by atoms with van der Waals surface area (Å²) in [5.41, 5.74) is 0. The summed E-state index contributed by atoms with van der Waals surface area (Å²) in [5, 5.41) is 0. The zero-order valence-corrected chi connectivity index (χ0v) is 10.1. The van der Waals surface area contributed by atoms with Crippen molar-refractivity contribution in [1.82, 2.24) is 0 Å². The molecule has 0 radical (unpaired) electrons. The van der Waals surface area contributed by atoms with Gasteiger partial charge < -0.3 is 9.47 Å². The highest BCUT2D eigenvalue weighted by molar-refractivity contribution is 5.75. The molecule has 0 aromatic heterocycles. The second-order valence-electron chi connectivity index (χ2n) is 3.35. The molecule has 3 nitrogen and oxygen atoms in total. The van der Waals surface area contributed by atoms with Crippen LogP contribution in [0.3, 0.4) is 0 Å². The molecule has 19 heavy (non-hydrogen) atoms. The van der Waals surface area contributed by atoms with Gasteiger partial charge >= 0.3 is 12.3 Å². The molecule has 0 atom stereocenters. The first-order valence-corrected chi connectivity index (χ1v) is 5.43. The molecular weight excluding hydrogens is 261 g/mol. The van der Waals surface area contributed by atoms with Crippen LogP contribution in [-0.4, -0.2) is 12.3 Å². The van der Waals surface area contributed by atoms with Crippen molar-refractivity contribution in [1.29, 1.82) is 0 Å². The van der Waals surface area contributed by atoms with Gasteiger partial charge in [-0.2, -0.15) is 0 Å². The van der Waals surface area contributed by atoms with Crippen molar-refractivity contribution in [2.24, 2.45) is 0 Å². The normalized spacial score (nSPS) is 10.3. The van der Waals surface area contributed by atoms with E-state index in [1.54, 1.807) is 0 Å². The molecule has 1 aromatic rings. The highest BCUT2D eigenvalue weighted by atomic mass is 19.4. The SMILES string of the molecule is CCC#CCC(=O)Oc1ccccc1OC(F)(F)F. The Morgan fingerprint density at radius 2 is 1.84 bits per heavy atom. The fourth-order valence-electron chi connectivity index (χ4n) is 1.16. The predicted molar refractivity (Wildman–Crippen MR) is 61.4 cm³/mol. The van der Waals surface area contributed by atoms with E-state index in [9.17, 15) is 18.0 Å². The third-order valence-electron chi connectivity index (χ3n) is 1.83. The van der Waals surface area contributed by atoms with Gasteiger partial charge in [-0.05, 0) is 12.1 Å². The second-order valence-corrected chi connectivity index (χ2v) is 3.35. The number of halogens is 3. The van der Waals surface area contributed by atoms with Crippen LogP contribution in [0.15, 0.2) is 24.3 Å². The lowest BCUT2D eigenvalue weighted by Crippen LogP contribution is -2.18. The quantitative estimate of drug-likeness (QED) is 0.481. The number of ether oxygens (including phenoxy) is 2. The number of alkyl halides is 3. The molecule has 0 saturated heterocycles. The Labute approximate surface area is 108 Å². The van der Waals surface area contributed by atoms with Gasteiger partial charge in [0, 0.05) is 6.42 Å². The number of esters is 1. The standard InChI is InChI=1S/C13H11F3O3/c1-2-3-4-9-12(17)18-10-7-5-6-8-11(10)19-13(14,15)16/h5-8H,2,9H2,1H3. The number of benzene rings is 1. The lowest BCUT2D eigenvalue weighted by Gasteiger charge is -2.12. The third-order valence-corrected chi connectivity index (χ3v) is 1.83. The molecule has 0 heterocycles. The summed E-state index contributed by atoms with van der Waals surface area (Å²) < 4.78 is 44.9. The molecule has 0 unspecified atom stereocenters. The van der Waals surface area contributed by atoms with Gasteiger partial charge in [-0.3, -0.25) is 4.79 Å². The molecule has 102 valence electrons. The maximum Gasteiger partial charge on any atom is 0.573 e. The minimum Gasteiger partial charge on any atom is -0.422 e. The van der Waals surface area contributed by atoms with Crippen LogP contribution in [0.25, 0.3) is 0 Å². The average molecular weight is 272 g/mol. The fraction of sp³-hybridized carbons (Fsp3) is 0.308.